The minimum atomic E-state index is -0.279. The number of aromatic amines is 1. The van der Waals surface area contributed by atoms with Crippen LogP contribution in [-0.4, -0.2) is 22.3 Å². The lowest BCUT2D eigenvalue weighted by Gasteiger charge is -2.09. The van der Waals surface area contributed by atoms with Gasteiger partial charge in [-0.2, -0.15) is 5.10 Å². The summed E-state index contributed by atoms with van der Waals surface area (Å²) in [6.45, 7) is 0.487. The average molecular weight is 311 g/mol. The predicted octanol–water partition coefficient (Wildman–Crippen LogP) is 1.55. The number of methoxy groups -OCH3 is 1. The molecule has 2 rings (SSSR count). The zero-order chi connectivity index (χ0) is 13.0. The van der Waals surface area contributed by atoms with Gasteiger partial charge >= 0.3 is 0 Å². The van der Waals surface area contributed by atoms with Crippen LogP contribution < -0.4 is 15.6 Å². The van der Waals surface area contributed by atoms with E-state index >= 15 is 0 Å². The lowest BCUT2D eigenvalue weighted by molar-refractivity contribution is 0.393. The van der Waals surface area contributed by atoms with E-state index in [1.807, 2.05) is 12.1 Å². The molecule has 0 bridgehead atoms. The minimum absolute atomic E-state index is 0.279. The highest BCUT2D eigenvalue weighted by Crippen LogP contribution is 2.19. The Balaban J connectivity index is 2.16. The van der Waals surface area contributed by atoms with E-state index in [9.17, 15) is 4.79 Å². The van der Waals surface area contributed by atoms with Crippen LogP contribution in [0.2, 0.25) is 0 Å². The molecule has 0 aliphatic carbocycles. The maximum atomic E-state index is 11.3. The van der Waals surface area contributed by atoms with E-state index in [1.54, 1.807) is 13.3 Å². The van der Waals surface area contributed by atoms with Gasteiger partial charge in [0.25, 0.3) is 5.56 Å². The molecule has 0 amide bonds. The zero-order valence-corrected chi connectivity index (χ0v) is 11.2. The average Bonchev–Trinajstić information content (AvgIpc) is 2.41. The molecule has 0 aliphatic heterocycles. The van der Waals surface area contributed by atoms with Gasteiger partial charge in [-0.05, 0) is 22.0 Å². The molecule has 0 fully saturated rings. The molecule has 0 spiro atoms. The normalized spacial score (nSPS) is 10.1. The Morgan fingerprint density at radius 3 is 3.17 bits per heavy atom. The van der Waals surface area contributed by atoms with E-state index in [0.717, 1.165) is 5.56 Å². The van der Waals surface area contributed by atoms with Crippen molar-refractivity contribution in [1.29, 1.82) is 0 Å². The van der Waals surface area contributed by atoms with Crippen molar-refractivity contribution in [2.24, 2.45) is 0 Å². The number of hydrogen-bond acceptors (Lipinski definition) is 5. The van der Waals surface area contributed by atoms with Gasteiger partial charge in [-0.15, -0.1) is 0 Å². The zero-order valence-electron chi connectivity index (χ0n) is 9.61. The Bertz CT molecular complexity index is 600. The first kappa shape index (κ1) is 12.6. The van der Waals surface area contributed by atoms with Gasteiger partial charge in [0.2, 0.25) is 5.88 Å². The van der Waals surface area contributed by atoms with E-state index in [-0.39, 0.29) is 5.56 Å². The number of pyridine rings is 1. The van der Waals surface area contributed by atoms with Crippen LogP contribution >= 0.6 is 15.9 Å². The lowest BCUT2D eigenvalue weighted by Crippen LogP contribution is -2.12. The summed E-state index contributed by atoms with van der Waals surface area (Å²) in [5.74, 6) is 0.555. The van der Waals surface area contributed by atoms with Crippen LogP contribution in [0.15, 0.2) is 33.8 Å². The van der Waals surface area contributed by atoms with E-state index in [0.29, 0.717) is 22.6 Å². The molecule has 7 heteroatoms. The third-order valence-corrected chi connectivity index (χ3v) is 3.10. The summed E-state index contributed by atoms with van der Waals surface area (Å²) in [6, 6.07) is 3.72. The van der Waals surface area contributed by atoms with Crippen LogP contribution in [0.1, 0.15) is 5.56 Å². The van der Waals surface area contributed by atoms with Crippen molar-refractivity contribution in [2.75, 3.05) is 12.4 Å². The fourth-order valence-corrected chi connectivity index (χ4v) is 1.77. The first-order chi connectivity index (χ1) is 8.72. The van der Waals surface area contributed by atoms with Crippen molar-refractivity contribution in [1.82, 2.24) is 15.2 Å². The van der Waals surface area contributed by atoms with Crippen LogP contribution in [0.3, 0.4) is 0 Å². The van der Waals surface area contributed by atoms with Gasteiger partial charge in [-0.1, -0.05) is 6.07 Å². The third kappa shape index (κ3) is 2.67. The van der Waals surface area contributed by atoms with E-state index in [2.05, 4.69) is 36.4 Å². The maximum Gasteiger partial charge on any atom is 0.280 e. The highest BCUT2D eigenvalue weighted by atomic mass is 79.9. The van der Waals surface area contributed by atoms with Crippen molar-refractivity contribution in [2.45, 2.75) is 6.54 Å². The first-order valence-corrected chi connectivity index (χ1v) is 5.96. The van der Waals surface area contributed by atoms with Crippen molar-refractivity contribution in [3.63, 3.8) is 0 Å². The number of rotatable bonds is 4. The highest BCUT2D eigenvalue weighted by molar-refractivity contribution is 9.10. The Labute approximate surface area is 112 Å². The molecule has 2 N–H and O–H groups in total. The van der Waals surface area contributed by atoms with Crippen molar-refractivity contribution in [3.8, 4) is 5.88 Å². The maximum absolute atomic E-state index is 11.3. The number of nitrogens with one attached hydrogen (secondary N) is 2. The number of halogens is 1. The van der Waals surface area contributed by atoms with Gasteiger partial charge in [0.05, 0.1) is 19.0 Å². The summed E-state index contributed by atoms with van der Waals surface area (Å²) < 4.78 is 5.56. The molecular formula is C11H11BrN4O2. The van der Waals surface area contributed by atoms with Crippen LogP contribution in [0.4, 0.5) is 5.69 Å². The second-order valence-corrected chi connectivity index (χ2v) is 4.25. The van der Waals surface area contributed by atoms with Crippen LogP contribution in [0, 0.1) is 0 Å². The quantitative estimate of drug-likeness (QED) is 0.895. The largest absolute Gasteiger partial charge is 0.481 e. The summed E-state index contributed by atoms with van der Waals surface area (Å²) in [4.78, 5) is 15.4. The molecular weight excluding hydrogens is 300 g/mol. The molecule has 0 aliphatic rings. The number of aromatic nitrogens is 3. The van der Waals surface area contributed by atoms with Gasteiger partial charge in [0.15, 0.2) is 0 Å². The summed E-state index contributed by atoms with van der Waals surface area (Å²) in [7, 11) is 1.57. The number of H-pyrrole nitrogens is 1. The second kappa shape index (κ2) is 5.63. The van der Waals surface area contributed by atoms with Gasteiger partial charge in [-0.25, -0.2) is 10.1 Å². The molecule has 0 atom stereocenters. The monoisotopic (exact) mass is 310 g/mol. The van der Waals surface area contributed by atoms with E-state index < -0.39 is 0 Å². The molecule has 0 unspecified atom stereocenters. The molecule has 0 saturated carbocycles. The highest BCUT2D eigenvalue weighted by Gasteiger charge is 2.06. The fraction of sp³-hybridized carbons (Fsp3) is 0.182. The molecule has 18 heavy (non-hydrogen) atoms. The van der Waals surface area contributed by atoms with E-state index in [1.165, 1.54) is 6.20 Å². The van der Waals surface area contributed by atoms with Crippen LogP contribution in [-0.2, 0) is 6.54 Å². The van der Waals surface area contributed by atoms with Gasteiger partial charge in [0.1, 0.15) is 4.47 Å². The number of anilines is 1. The molecule has 2 heterocycles. The van der Waals surface area contributed by atoms with Crippen molar-refractivity contribution >= 4 is 21.6 Å². The second-order valence-electron chi connectivity index (χ2n) is 3.45. The lowest BCUT2D eigenvalue weighted by atomic mass is 10.2. The Kier molecular flexibility index (Phi) is 3.93. The smallest absolute Gasteiger partial charge is 0.280 e. The van der Waals surface area contributed by atoms with Crippen molar-refractivity contribution in [3.05, 3.63) is 44.9 Å². The predicted molar refractivity (Wildman–Crippen MR) is 70.7 cm³/mol. The molecule has 6 nitrogen and oxygen atoms in total. The Morgan fingerprint density at radius 2 is 2.39 bits per heavy atom. The Hall–Kier alpha value is -1.89. The first-order valence-electron chi connectivity index (χ1n) is 5.17. The minimum Gasteiger partial charge on any atom is -0.481 e. The topological polar surface area (TPSA) is 79.9 Å². The van der Waals surface area contributed by atoms with Crippen LogP contribution in [0.25, 0.3) is 0 Å². The van der Waals surface area contributed by atoms with Crippen LogP contribution in [0.5, 0.6) is 5.88 Å². The standard InChI is InChI=1S/C11H11BrN4O2/c1-18-11-7(3-2-4-13-11)5-14-8-6-15-16-10(17)9(8)12/h2-4,6H,5H2,1H3,(H2,14,16,17). The van der Waals surface area contributed by atoms with Crippen molar-refractivity contribution < 1.29 is 4.74 Å². The fourth-order valence-electron chi connectivity index (χ4n) is 1.44. The van der Waals surface area contributed by atoms with Gasteiger partial charge < -0.3 is 10.1 Å². The molecule has 0 aromatic carbocycles. The number of ether oxygens (including phenoxy) is 1. The molecule has 2 aromatic rings. The number of nitrogens with zero attached hydrogens (tertiary/aromatic N) is 2. The molecule has 94 valence electrons. The number of hydrogen-bond donors (Lipinski definition) is 2. The summed E-state index contributed by atoms with van der Waals surface area (Å²) >= 11 is 3.20. The van der Waals surface area contributed by atoms with E-state index in [4.69, 9.17) is 4.74 Å². The molecule has 0 radical (unpaired) electrons. The molecule has 2 aromatic heterocycles. The summed E-state index contributed by atoms with van der Waals surface area (Å²) in [5, 5.41) is 9.15. The van der Waals surface area contributed by atoms with Gasteiger partial charge in [0, 0.05) is 18.3 Å². The summed E-state index contributed by atoms with van der Waals surface area (Å²) in [6.07, 6.45) is 3.20. The molecule has 0 saturated heterocycles. The summed E-state index contributed by atoms with van der Waals surface area (Å²) in [5.41, 5.74) is 1.23. The van der Waals surface area contributed by atoms with Gasteiger partial charge in [-0.3, -0.25) is 4.79 Å². The Morgan fingerprint density at radius 1 is 1.56 bits per heavy atom. The third-order valence-electron chi connectivity index (χ3n) is 2.31. The SMILES string of the molecule is COc1ncccc1CNc1cn[nH]c(=O)c1Br.